The van der Waals surface area contributed by atoms with E-state index in [0.717, 1.165) is 27.9 Å². The third-order valence-electron chi connectivity index (χ3n) is 6.07. The van der Waals surface area contributed by atoms with Crippen LogP contribution in [0.4, 0.5) is 5.69 Å². The first kappa shape index (κ1) is 18.5. The molecule has 1 heterocycles. The highest BCUT2D eigenvalue weighted by Gasteiger charge is 2.62. The van der Waals surface area contributed by atoms with Crippen molar-refractivity contribution in [2.24, 2.45) is 5.92 Å². The van der Waals surface area contributed by atoms with Crippen molar-refractivity contribution in [3.63, 3.8) is 0 Å². The SMILES string of the molecule is COC(=O)[C@H]1CN(C#N)N(c2ccc(Cl)cc2)C12c1ccccc1-c1ccccc12. The van der Waals surface area contributed by atoms with Gasteiger partial charge in [0, 0.05) is 5.02 Å². The molecule has 1 atom stereocenters. The summed E-state index contributed by atoms with van der Waals surface area (Å²) in [5.74, 6) is -0.944. The summed E-state index contributed by atoms with van der Waals surface area (Å²) in [5, 5.41) is 14.1. The second kappa shape index (κ2) is 6.79. The van der Waals surface area contributed by atoms with Gasteiger partial charge in [-0.05, 0) is 46.5 Å². The summed E-state index contributed by atoms with van der Waals surface area (Å²) < 4.78 is 5.22. The minimum Gasteiger partial charge on any atom is -0.469 e. The molecule has 1 aliphatic carbocycles. The number of carbonyl (C=O) groups excluding carboxylic acids is 1. The van der Waals surface area contributed by atoms with Crippen molar-refractivity contribution in [1.29, 1.82) is 5.26 Å². The van der Waals surface area contributed by atoms with Crippen molar-refractivity contribution >= 4 is 23.3 Å². The van der Waals surface area contributed by atoms with Gasteiger partial charge in [0.1, 0.15) is 11.5 Å². The van der Waals surface area contributed by atoms with E-state index in [9.17, 15) is 10.1 Å². The van der Waals surface area contributed by atoms with Crippen LogP contribution in [0.15, 0.2) is 72.8 Å². The number of esters is 1. The molecular formula is C24H18ClN3O2. The minimum absolute atomic E-state index is 0.217. The molecule has 2 aliphatic rings. The van der Waals surface area contributed by atoms with Crippen LogP contribution in [0.3, 0.4) is 0 Å². The highest BCUT2D eigenvalue weighted by molar-refractivity contribution is 6.30. The van der Waals surface area contributed by atoms with Crippen LogP contribution in [0.1, 0.15) is 11.1 Å². The van der Waals surface area contributed by atoms with Gasteiger partial charge >= 0.3 is 5.97 Å². The molecule has 5 rings (SSSR count). The Morgan fingerprint density at radius 1 is 1.03 bits per heavy atom. The van der Waals surface area contributed by atoms with Gasteiger partial charge in [0.15, 0.2) is 6.19 Å². The maximum atomic E-state index is 13.1. The molecule has 3 aromatic carbocycles. The summed E-state index contributed by atoms with van der Waals surface area (Å²) in [7, 11) is 1.39. The van der Waals surface area contributed by atoms with Crippen LogP contribution < -0.4 is 5.01 Å². The molecular weight excluding hydrogens is 398 g/mol. The van der Waals surface area contributed by atoms with E-state index in [2.05, 4.69) is 18.3 Å². The van der Waals surface area contributed by atoms with E-state index in [-0.39, 0.29) is 12.5 Å². The van der Waals surface area contributed by atoms with Gasteiger partial charge in [-0.3, -0.25) is 9.80 Å². The number of anilines is 1. The lowest BCUT2D eigenvalue weighted by Gasteiger charge is -2.41. The third-order valence-corrected chi connectivity index (χ3v) is 6.33. The molecule has 0 amide bonds. The molecule has 0 N–H and O–H groups in total. The summed E-state index contributed by atoms with van der Waals surface area (Å²) >= 11 is 6.13. The van der Waals surface area contributed by atoms with Crippen LogP contribution in [-0.2, 0) is 15.1 Å². The van der Waals surface area contributed by atoms with E-state index in [1.54, 1.807) is 17.1 Å². The van der Waals surface area contributed by atoms with E-state index >= 15 is 0 Å². The number of nitrogens with zero attached hydrogens (tertiary/aromatic N) is 3. The molecule has 1 spiro atoms. The molecule has 1 fully saturated rings. The average molecular weight is 416 g/mol. The monoisotopic (exact) mass is 415 g/mol. The molecule has 30 heavy (non-hydrogen) atoms. The lowest BCUT2D eigenvalue weighted by atomic mass is 9.76. The fraction of sp³-hybridized carbons (Fsp3) is 0.167. The highest BCUT2D eigenvalue weighted by atomic mass is 35.5. The quantitative estimate of drug-likeness (QED) is 0.453. The number of benzene rings is 3. The number of rotatable bonds is 2. The van der Waals surface area contributed by atoms with Crippen molar-refractivity contribution in [2.45, 2.75) is 5.54 Å². The lowest BCUT2D eigenvalue weighted by molar-refractivity contribution is -0.146. The Kier molecular flexibility index (Phi) is 4.19. The van der Waals surface area contributed by atoms with E-state index < -0.39 is 11.5 Å². The Labute approximate surface area is 179 Å². The zero-order valence-electron chi connectivity index (χ0n) is 16.2. The van der Waals surface area contributed by atoms with Gasteiger partial charge in [-0.25, -0.2) is 5.01 Å². The topological polar surface area (TPSA) is 56.6 Å². The zero-order chi connectivity index (χ0) is 20.9. The van der Waals surface area contributed by atoms with E-state index in [4.69, 9.17) is 16.3 Å². The van der Waals surface area contributed by atoms with Gasteiger partial charge in [0.25, 0.3) is 0 Å². The molecule has 1 saturated heterocycles. The molecule has 1 aliphatic heterocycles. The summed E-state index contributed by atoms with van der Waals surface area (Å²) in [6, 6.07) is 23.4. The van der Waals surface area contributed by atoms with Crippen LogP contribution in [0.25, 0.3) is 11.1 Å². The zero-order valence-corrected chi connectivity index (χ0v) is 17.0. The number of methoxy groups -OCH3 is 1. The fourth-order valence-electron chi connectivity index (χ4n) is 4.97. The summed E-state index contributed by atoms with van der Waals surface area (Å²) in [5.41, 5.74) is 3.95. The fourth-order valence-corrected chi connectivity index (χ4v) is 5.10. The summed E-state index contributed by atoms with van der Waals surface area (Å²) in [4.78, 5) is 13.1. The Bertz CT molecular complexity index is 1140. The molecule has 6 heteroatoms. The molecule has 0 aromatic heterocycles. The van der Waals surface area contributed by atoms with Crippen molar-refractivity contribution < 1.29 is 9.53 Å². The molecule has 0 bridgehead atoms. The highest BCUT2D eigenvalue weighted by Crippen LogP contribution is 2.58. The first-order valence-electron chi connectivity index (χ1n) is 9.63. The van der Waals surface area contributed by atoms with Crippen LogP contribution in [0, 0.1) is 17.4 Å². The second-order valence-corrected chi connectivity index (χ2v) is 7.84. The van der Waals surface area contributed by atoms with Gasteiger partial charge in [-0.1, -0.05) is 60.1 Å². The van der Waals surface area contributed by atoms with Crippen molar-refractivity contribution in [1.82, 2.24) is 5.01 Å². The van der Waals surface area contributed by atoms with E-state index in [0.29, 0.717) is 5.02 Å². The molecule has 148 valence electrons. The van der Waals surface area contributed by atoms with E-state index in [1.807, 2.05) is 53.5 Å². The first-order chi connectivity index (χ1) is 14.6. The number of fused-ring (bicyclic) bond motifs is 5. The third kappa shape index (κ3) is 2.31. The Balaban J connectivity index is 1.88. The predicted molar refractivity (Wildman–Crippen MR) is 114 cm³/mol. The molecule has 0 unspecified atom stereocenters. The van der Waals surface area contributed by atoms with Crippen molar-refractivity contribution in [3.8, 4) is 17.3 Å². The van der Waals surface area contributed by atoms with Gasteiger partial charge in [0.05, 0.1) is 19.3 Å². The van der Waals surface area contributed by atoms with Gasteiger partial charge in [-0.2, -0.15) is 5.26 Å². The first-order valence-corrected chi connectivity index (χ1v) is 10.0. The molecule has 0 radical (unpaired) electrons. The van der Waals surface area contributed by atoms with E-state index in [1.165, 1.54) is 7.11 Å². The number of halogens is 1. The minimum atomic E-state index is -0.899. The smallest absolute Gasteiger partial charge is 0.313 e. The number of hydrogen-bond acceptors (Lipinski definition) is 5. The predicted octanol–water partition coefficient (Wildman–Crippen LogP) is 4.57. The number of ether oxygens (including phenoxy) is 1. The van der Waals surface area contributed by atoms with Crippen LogP contribution >= 0.6 is 11.6 Å². The van der Waals surface area contributed by atoms with Gasteiger partial charge in [0.2, 0.25) is 0 Å². The Morgan fingerprint density at radius 3 is 2.13 bits per heavy atom. The van der Waals surface area contributed by atoms with Crippen LogP contribution in [-0.4, -0.2) is 24.6 Å². The molecule has 0 saturated carbocycles. The maximum absolute atomic E-state index is 13.1. The van der Waals surface area contributed by atoms with Crippen molar-refractivity contribution in [2.75, 3.05) is 18.7 Å². The standard InChI is InChI=1S/C24H18ClN3O2/c1-30-23(29)22-14-27(15-26)28(17-12-10-16(25)11-13-17)24(22)20-8-4-2-6-18(20)19-7-3-5-9-21(19)24/h2-13,22H,14H2,1H3/t22-/m1/s1. The number of nitriles is 1. The normalized spacial score (nSPS) is 18.1. The van der Waals surface area contributed by atoms with Gasteiger partial charge < -0.3 is 4.74 Å². The van der Waals surface area contributed by atoms with Gasteiger partial charge in [-0.15, -0.1) is 0 Å². The van der Waals surface area contributed by atoms with Crippen LogP contribution in [0.5, 0.6) is 0 Å². The average Bonchev–Trinajstić information content (AvgIpc) is 3.29. The second-order valence-electron chi connectivity index (χ2n) is 7.40. The molecule has 3 aromatic rings. The maximum Gasteiger partial charge on any atom is 0.313 e. The number of hydrazine groups is 1. The largest absolute Gasteiger partial charge is 0.469 e. The number of hydrogen-bond donors (Lipinski definition) is 0. The summed E-state index contributed by atoms with van der Waals surface area (Å²) in [6.45, 7) is 0.217. The molecule has 5 nitrogen and oxygen atoms in total. The Hall–Kier alpha value is -3.49. The summed E-state index contributed by atoms with van der Waals surface area (Å²) in [6.07, 6.45) is 2.27. The Morgan fingerprint density at radius 2 is 1.60 bits per heavy atom. The number of carbonyl (C=O) groups is 1. The van der Waals surface area contributed by atoms with Crippen molar-refractivity contribution in [3.05, 3.63) is 88.9 Å². The van der Waals surface area contributed by atoms with Crippen LogP contribution in [0.2, 0.25) is 5.02 Å². The lowest BCUT2D eigenvalue weighted by Crippen LogP contribution is -2.50.